The van der Waals surface area contributed by atoms with Gasteiger partial charge in [0.1, 0.15) is 0 Å². The van der Waals surface area contributed by atoms with E-state index in [2.05, 4.69) is 33.8 Å². The fourth-order valence-electron chi connectivity index (χ4n) is 2.83. The van der Waals surface area contributed by atoms with E-state index in [1.807, 2.05) is 6.07 Å². The Labute approximate surface area is 117 Å². The van der Waals surface area contributed by atoms with Crippen LogP contribution in [-0.4, -0.2) is 37.3 Å². The largest absolute Gasteiger partial charge is 0.383 e. The quantitative estimate of drug-likeness (QED) is 0.740. The Balaban J connectivity index is 1.61. The summed E-state index contributed by atoms with van der Waals surface area (Å²) in [5, 5.41) is 7.06. The minimum atomic E-state index is -0.124. The molecule has 0 saturated heterocycles. The fourth-order valence-corrected chi connectivity index (χ4v) is 2.83. The number of rotatable bonds is 4. The highest BCUT2D eigenvalue weighted by Crippen LogP contribution is 2.29. The van der Waals surface area contributed by atoms with E-state index < -0.39 is 0 Å². The van der Waals surface area contributed by atoms with E-state index >= 15 is 0 Å². The predicted octanol–water partition coefficient (Wildman–Crippen LogP) is 1.58. The van der Waals surface area contributed by atoms with Crippen molar-refractivity contribution >= 4 is 16.9 Å². The summed E-state index contributed by atoms with van der Waals surface area (Å²) in [5.41, 5.74) is 3.76. The number of H-pyrrole nitrogens is 1. The van der Waals surface area contributed by atoms with Crippen LogP contribution in [0.2, 0.25) is 0 Å². The van der Waals surface area contributed by atoms with Crippen molar-refractivity contribution in [3.63, 3.8) is 0 Å². The molecule has 1 aromatic carbocycles. The molecule has 1 aromatic heterocycles. The predicted molar refractivity (Wildman–Crippen MR) is 77.9 cm³/mol. The average Bonchev–Trinajstić information content (AvgIpc) is 2.96. The third-order valence-corrected chi connectivity index (χ3v) is 3.73. The molecule has 5 heteroatoms. The number of carbonyl (C=O) groups is 1. The molecule has 20 heavy (non-hydrogen) atoms. The summed E-state index contributed by atoms with van der Waals surface area (Å²) in [6.07, 6.45) is 1.75. The maximum atomic E-state index is 11.7. The first-order valence-electron chi connectivity index (χ1n) is 6.89. The first-order valence-corrected chi connectivity index (χ1v) is 6.89. The molecule has 0 spiro atoms. The van der Waals surface area contributed by atoms with Crippen LogP contribution >= 0.6 is 0 Å². The molecule has 1 aliphatic rings. The minimum absolute atomic E-state index is 0.124. The zero-order valence-corrected chi connectivity index (χ0v) is 11.5. The first kappa shape index (κ1) is 13.0. The lowest BCUT2D eigenvalue weighted by atomic mass is 10.1. The summed E-state index contributed by atoms with van der Waals surface area (Å²) in [6, 6.07) is 8.35. The summed E-state index contributed by atoms with van der Waals surface area (Å²) in [4.78, 5) is 15.2. The van der Waals surface area contributed by atoms with Crippen molar-refractivity contribution in [3.05, 3.63) is 35.5 Å². The number of para-hydroxylation sites is 1. The fraction of sp³-hybridized carbons (Fsp3) is 0.400. The van der Waals surface area contributed by atoms with Gasteiger partial charge in [0.15, 0.2) is 0 Å². The van der Waals surface area contributed by atoms with E-state index in [-0.39, 0.29) is 12.1 Å². The molecule has 5 nitrogen and oxygen atoms in total. The number of carbonyl (C=O) groups excluding carboxylic acids is 1. The van der Waals surface area contributed by atoms with E-state index in [4.69, 9.17) is 4.74 Å². The number of urea groups is 1. The summed E-state index contributed by atoms with van der Waals surface area (Å²) in [6.45, 7) is 1.06. The van der Waals surface area contributed by atoms with Gasteiger partial charge in [0.05, 0.1) is 6.61 Å². The number of methoxy groups -OCH3 is 1. The maximum Gasteiger partial charge on any atom is 0.315 e. The van der Waals surface area contributed by atoms with Crippen molar-refractivity contribution < 1.29 is 9.53 Å². The van der Waals surface area contributed by atoms with E-state index in [1.165, 1.54) is 22.2 Å². The maximum absolute atomic E-state index is 11.7. The number of nitrogens with one attached hydrogen (secondary N) is 3. The number of aromatic amines is 1. The molecule has 2 aromatic rings. The van der Waals surface area contributed by atoms with Crippen LogP contribution in [-0.2, 0) is 17.6 Å². The highest BCUT2D eigenvalue weighted by Gasteiger charge is 2.26. The summed E-state index contributed by atoms with van der Waals surface area (Å²) >= 11 is 0. The molecule has 0 radical (unpaired) electrons. The molecule has 0 fully saturated rings. The van der Waals surface area contributed by atoms with Crippen molar-refractivity contribution in [2.45, 2.75) is 18.9 Å². The SMILES string of the molecule is COCCNC(=O)NC1Cc2[nH]c3ccccc3c2C1. The van der Waals surface area contributed by atoms with E-state index in [0.29, 0.717) is 13.2 Å². The molecule has 1 atom stereocenters. The van der Waals surface area contributed by atoms with Gasteiger partial charge >= 0.3 is 6.03 Å². The highest BCUT2D eigenvalue weighted by molar-refractivity contribution is 5.85. The second-order valence-corrected chi connectivity index (χ2v) is 5.13. The molecule has 3 rings (SSSR count). The van der Waals surface area contributed by atoms with Crippen molar-refractivity contribution in [1.29, 1.82) is 0 Å². The Kier molecular flexibility index (Phi) is 3.60. The van der Waals surface area contributed by atoms with Gasteiger partial charge < -0.3 is 20.4 Å². The Morgan fingerprint density at radius 3 is 3.10 bits per heavy atom. The highest BCUT2D eigenvalue weighted by atomic mass is 16.5. The molecule has 1 unspecified atom stereocenters. The minimum Gasteiger partial charge on any atom is -0.383 e. The van der Waals surface area contributed by atoms with Crippen LogP contribution in [0.3, 0.4) is 0 Å². The van der Waals surface area contributed by atoms with Gasteiger partial charge in [0, 0.05) is 42.7 Å². The summed E-state index contributed by atoms with van der Waals surface area (Å²) in [7, 11) is 1.62. The monoisotopic (exact) mass is 273 g/mol. The Hall–Kier alpha value is -2.01. The van der Waals surface area contributed by atoms with Crippen LogP contribution in [0.4, 0.5) is 4.79 Å². The molecular formula is C15H19N3O2. The molecule has 0 aliphatic heterocycles. The first-order chi connectivity index (χ1) is 9.78. The third kappa shape index (κ3) is 2.49. The lowest BCUT2D eigenvalue weighted by Gasteiger charge is -2.13. The second kappa shape index (κ2) is 5.54. The Bertz CT molecular complexity index is 621. The lowest BCUT2D eigenvalue weighted by molar-refractivity contribution is 0.195. The van der Waals surface area contributed by atoms with Crippen molar-refractivity contribution in [2.75, 3.05) is 20.3 Å². The zero-order valence-electron chi connectivity index (χ0n) is 11.5. The zero-order chi connectivity index (χ0) is 13.9. The number of ether oxygens (including phenoxy) is 1. The molecule has 106 valence electrons. The molecular weight excluding hydrogens is 254 g/mol. The van der Waals surface area contributed by atoms with E-state index in [1.54, 1.807) is 7.11 Å². The van der Waals surface area contributed by atoms with Crippen molar-refractivity contribution in [3.8, 4) is 0 Å². The topological polar surface area (TPSA) is 66.2 Å². The Morgan fingerprint density at radius 1 is 1.40 bits per heavy atom. The number of benzene rings is 1. The van der Waals surface area contributed by atoms with Crippen LogP contribution < -0.4 is 10.6 Å². The number of fused-ring (bicyclic) bond motifs is 3. The van der Waals surface area contributed by atoms with Gasteiger partial charge in [-0.1, -0.05) is 18.2 Å². The van der Waals surface area contributed by atoms with Crippen molar-refractivity contribution in [2.24, 2.45) is 0 Å². The van der Waals surface area contributed by atoms with Crippen LogP contribution in [0.1, 0.15) is 11.3 Å². The number of amides is 2. The smallest absolute Gasteiger partial charge is 0.315 e. The standard InChI is InChI=1S/C15H19N3O2/c1-20-7-6-16-15(19)17-10-8-12-11-4-2-3-5-13(11)18-14(12)9-10/h2-5,10,18H,6-9H2,1H3,(H2,16,17,19). The van der Waals surface area contributed by atoms with Crippen LogP contribution in [0.25, 0.3) is 10.9 Å². The molecule has 2 amide bonds. The van der Waals surface area contributed by atoms with Gasteiger partial charge in [-0.3, -0.25) is 0 Å². The Morgan fingerprint density at radius 2 is 2.25 bits per heavy atom. The van der Waals surface area contributed by atoms with Crippen LogP contribution in [0.5, 0.6) is 0 Å². The van der Waals surface area contributed by atoms with Crippen molar-refractivity contribution in [1.82, 2.24) is 15.6 Å². The van der Waals surface area contributed by atoms with Gasteiger partial charge in [-0.05, 0) is 18.1 Å². The average molecular weight is 273 g/mol. The second-order valence-electron chi connectivity index (χ2n) is 5.13. The van der Waals surface area contributed by atoms with Gasteiger partial charge in [-0.25, -0.2) is 4.79 Å². The van der Waals surface area contributed by atoms with Crippen LogP contribution in [0, 0.1) is 0 Å². The third-order valence-electron chi connectivity index (χ3n) is 3.73. The van der Waals surface area contributed by atoms with E-state index in [0.717, 1.165) is 12.8 Å². The molecule has 0 saturated carbocycles. The van der Waals surface area contributed by atoms with Gasteiger partial charge in [-0.15, -0.1) is 0 Å². The normalized spacial score (nSPS) is 17.1. The van der Waals surface area contributed by atoms with Gasteiger partial charge in [0.2, 0.25) is 0 Å². The molecule has 1 aliphatic carbocycles. The summed E-state index contributed by atoms with van der Waals surface area (Å²) in [5.74, 6) is 0. The molecule has 0 bridgehead atoms. The number of hydrogen-bond donors (Lipinski definition) is 3. The number of aromatic nitrogens is 1. The molecule has 3 N–H and O–H groups in total. The summed E-state index contributed by atoms with van der Waals surface area (Å²) < 4.78 is 4.90. The lowest BCUT2D eigenvalue weighted by Crippen LogP contribution is -2.43. The van der Waals surface area contributed by atoms with E-state index in [9.17, 15) is 4.79 Å². The van der Waals surface area contributed by atoms with Crippen LogP contribution in [0.15, 0.2) is 24.3 Å². The molecule has 1 heterocycles. The van der Waals surface area contributed by atoms with Gasteiger partial charge in [-0.2, -0.15) is 0 Å². The number of hydrogen-bond acceptors (Lipinski definition) is 2. The van der Waals surface area contributed by atoms with Gasteiger partial charge in [0.25, 0.3) is 0 Å².